The number of esters is 1. The Balaban J connectivity index is 1.80. The van der Waals surface area contributed by atoms with Crippen LogP contribution in [0.15, 0.2) is 29.8 Å². The number of amides is 1. The molecule has 0 aromatic heterocycles. The van der Waals surface area contributed by atoms with E-state index in [-0.39, 0.29) is 5.91 Å². The molecule has 1 N–H and O–H groups in total. The summed E-state index contributed by atoms with van der Waals surface area (Å²) in [7, 11) is 0. The topological polar surface area (TPSA) is 55.4 Å². The van der Waals surface area contributed by atoms with Crippen LogP contribution in [-0.2, 0) is 9.53 Å². The van der Waals surface area contributed by atoms with Crippen molar-refractivity contribution in [3.63, 3.8) is 0 Å². The maximum Gasteiger partial charge on any atom is 0.338 e. The molecule has 2 rings (SSSR count). The fourth-order valence-corrected chi connectivity index (χ4v) is 3.00. The Bertz CT molecular complexity index is 614. The Morgan fingerprint density at radius 2 is 1.88 bits per heavy atom. The van der Waals surface area contributed by atoms with Crippen molar-refractivity contribution in [1.82, 2.24) is 5.32 Å². The van der Waals surface area contributed by atoms with Crippen molar-refractivity contribution in [2.24, 2.45) is 0 Å². The first kappa shape index (κ1) is 18.2. The van der Waals surface area contributed by atoms with E-state index < -0.39 is 12.1 Å². The standard InChI is InChI=1S/C20H27NO3/c1-14-11-15(2)13-18(12-14)20(23)24-16(3)19(22)21-10-9-17-7-5-4-6-8-17/h7,11-13,16H,4-6,8-10H2,1-3H3,(H,21,22)/t16-/m1/s1. The Kier molecular flexibility index (Phi) is 6.59. The molecule has 1 aromatic rings. The average Bonchev–Trinajstić information content (AvgIpc) is 2.54. The second-order valence-corrected chi connectivity index (χ2v) is 6.57. The van der Waals surface area contributed by atoms with Gasteiger partial charge in [-0.1, -0.05) is 28.8 Å². The summed E-state index contributed by atoms with van der Waals surface area (Å²) in [6.45, 7) is 6.06. The van der Waals surface area contributed by atoms with E-state index in [4.69, 9.17) is 4.74 Å². The van der Waals surface area contributed by atoms with E-state index in [2.05, 4.69) is 11.4 Å². The minimum absolute atomic E-state index is 0.246. The van der Waals surface area contributed by atoms with E-state index >= 15 is 0 Å². The molecular weight excluding hydrogens is 302 g/mol. The zero-order valence-electron chi connectivity index (χ0n) is 14.9. The third kappa shape index (κ3) is 5.52. The molecule has 0 radical (unpaired) electrons. The number of allylic oxidation sites excluding steroid dienone is 1. The highest BCUT2D eigenvalue weighted by atomic mass is 16.5. The van der Waals surface area contributed by atoms with E-state index in [0.717, 1.165) is 30.4 Å². The summed E-state index contributed by atoms with van der Waals surface area (Å²) in [5, 5.41) is 2.85. The molecule has 130 valence electrons. The molecule has 1 aliphatic carbocycles. The largest absolute Gasteiger partial charge is 0.449 e. The molecule has 0 spiro atoms. The summed E-state index contributed by atoms with van der Waals surface area (Å²) in [4.78, 5) is 24.3. The molecular formula is C20H27NO3. The maximum atomic E-state index is 12.2. The summed E-state index contributed by atoms with van der Waals surface area (Å²) in [6, 6.07) is 5.54. The average molecular weight is 329 g/mol. The monoisotopic (exact) mass is 329 g/mol. The van der Waals surface area contributed by atoms with Crippen LogP contribution in [0, 0.1) is 13.8 Å². The van der Waals surface area contributed by atoms with Crippen LogP contribution < -0.4 is 5.32 Å². The Morgan fingerprint density at radius 3 is 2.50 bits per heavy atom. The van der Waals surface area contributed by atoms with Crippen molar-refractivity contribution in [3.8, 4) is 0 Å². The quantitative estimate of drug-likeness (QED) is 0.637. The van der Waals surface area contributed by atoms with Crippen molar-refractivity contribution in [2.75, 3.05) is 6.54 Å². The third-order valence-electron chi connectivity index (χ3n) is 4.24. The lowest BCUT2D eigenvalue weighted by Gasteiger charge is -2.16. The van der Waals surface area contributed by atoms with Gasteiger partial charge in [0.05, 0.1) is 5.56 Å². The smallest absolute Gasteiger partial charge is 0.338 e. The van der Waals surface area contributed by atoms with Crippen molar-refractivity contribution >= 4 is 11.9 Å². The van der Waals surface area contributed by atoms with Gasteiger partial charge in [0.1, 0.15) is 0 Å². The Morgan fingerprint density at radius 1 is 1.17 bits per heavy atom. The Hall–Kier alpha value is -2.10. The summed E-state index contributed by atoms with van der Waals surface area (Å²) in [5.41, 5.74) is 3.90. The van der Waals surface area contributed by atoms with E-state index in [0.29, 0.717) is 12.1 Å². The zero-order chi connectivity index (χ0) is 17.5. The maximum absolute atomic E-state index is 12.2. The summed E-state index contributed by atoms with van der Waals surface area (Å²) < 4.78 is 5.29. The number of hydrogen-bond acceptors (Lipinski definition) is 3. The molecule has 0 heterocycles. The van der Waals surface area contributed by atoms with Gasteiger partial charge >= 0.3 is 5.97 Å². The zero-order valence-corrected chi connectivity index (χ0v) is 14.9. The predicted molar refractivity (Wildman–Crippen MR) is 95.0 cm³/mol. The second kappa shape index (κ2) is 8.67. The molecule has 1 atom stereocenters. The van der Waals surface area contributed by atoms with Crippen LogP contribution in [0.2, 0.25) is 0 Å². The van der Waals surface area contributed by atoms with Gasteiger partial charge in [-0.25, -0.2) is 4.79 Å². The lowest BCUT2D eigenvalue weighted by molar-refractivity contribution is -0.129. The number of hydrogen-bond donors (Lipinski definition) is 1. The van der Waals surface area contributed by atoms with Gasteiger partial charge in [0.2, 0.25) is 0 Å². The van der Waals surface area contributed by atoms with Gasteiger partial charge in [0, 0.05) is 6.54 Å². The van der Waals surface area contributed by atoms with E-state index in [1.165, 1.54) is 18.4 Å². The van der Waals surface area contributed by atoms with Crippen molar-refractivity contribution < 1.29 is 14.3 Å². The minimum atomic E-state index is -0.793. The van der Waals surface area contributed by atoms with Crippen LogP contribution in [0.4, 0.5) is 0 Å². The molecule has 0 saturated heterocycles. The fourth-order valence-electron chi connectivity index (χ4n) is 3.00. The lowest BCUT2D eigenvalue weighted by Crippen LogP contribution is -2.36. The highest BCUT2D eigenvalue weighted by Gasteiger charge is 2.19. The predicted octanol–water partition coefficient (Wildman–Crippen LogP) is 3.86. The molecule has 1 aliphatic rings. The van der Waals surface area contributed by atoms with Gasteiger partial charge in [-0.3, -0.25) is 4.79 Å². The van der Waals surface area contributed by atoms with Crippen LogP contribution >= 0.6 is 0 Å². The molecule has 0 bridgehead atoms. The van der Waals surface area contributed by atoms with Gasteiger partial charge in [0.15, 0.2) is 6.10 Å². The SMILES string of the molecule is Cc1cc(C)cc(C(=O)O[C@H](C)C(=O)NCCC2=CCCCC2)c1. The highest BCUT2D eigenvalue weighted by molar-refractivity contribution is 5.92. The van der Waals surface area contributed by atoms with E-state index in [1.807, 2.05) is 19.9 Å². The van der Waals surface area contributed by atoms with Gasteiger partial charge in [-0.15, -0.1) is 0 Å². The molecule has 4 nitrogen and oxygen atoms in total. The molecule has 1 aromatic carbocycles. The molecule has 0 saturated carbocycles. The van der Waals surface area contributed by atoms with Crippen molar-refractivity contribution in [3.05, 3.63) is 46.5 Å². The van der Waals surface area contributed by atoms with E-state index in [9.17, 15) is 9.59 Å². The first-order valence-electron chi connectivity index (χ1n) is 8.70. The number of aryl methyl sites for hydroxylation is 2. The Labute approximate surface area is 144 Å². The third-order valence-corrected chi connectivity index (χ3v) is 4.24. The molecule has 0 fully saturated rings. The van der Waals surface area contributed by atoms with E-state index in [1.54, 1.807) is 19.1 Å². The lowest BCUT2D eigenvalue weighted by atomic mass is 9.97. The number of benzene rings is 1. The fraction of sp³-hybridized carbons (Fsp3) is 0.500. The van der Waals surface area contributed by atoms with Gasteiger partial charge < -0.3 is 10.1 Å². The van der Waals surface area contributed by atoms with Gasteiger partial charge in [-0.2, -0.15) is 0 Å². The number of rotatable bonds is 6. The van der Waals surface area contributed by atoms with Crippen molar-refractivity contribution in [2.45, 2.75) is 59.0 Å². The molecule has 24 heavy (non-hydrogen) atoms. The number of ether oxygens (including phenoxy) is 1. The highest BCUT2D eigenvalue weighted by Crippen LogP contribution is 2.19. The first-order valence-corrected chi connectivity index (χ1v) is 8.70. The van der Waals surface area contributed by atoms with Gasteiger partial charge in [-0.05, 0) is 65.0 Å². The van der Waals surface area contributed by atoms with Crippen LogP contribution in [0.1, 0.15) is 60.5 Å². The van der Waals surface area contributed by atoms with Crippen molar-refractivity contribution in [1.29, 1.82) is 0 Å². The van der Waals surface area contributed by atoms with Crippen LogP contribution in [0.5, 0.6) is 0 Å². The number of carbonyl (C=O) groups excluding carboxylic acids is 2. The minimum Gasteiger partial charge on any atom is -0.449 e. The van der Waals surface area contributed by atoms with Crippen LogP contribution in [0.3, 0.4) is 0 Å². The summed E-state index contributed by atoms with van der Waals surface area (Å²) in [6.07, 6.45) is 7.15. The normalized spacial score (nSPS) is 15.4. The second-order valence-electron chi connectivity index (χ2n) is 6.57. The molecule has 0 aliphatic heterocycles. The summed E-state index contributed by atoms with van der Waals surface area (Å²) >= 11 is 0. The summed E-state index contributed by atoms with van der Waals surface area (Å²) in [5.74, 6) is -0.705. The molecule has 0 unspecified atom stereocenters. The molecule has 4 heteroatoms. The van der Waals surface area contributed by atoms with Crippen LogP contribution in [0.25, 0.3) is 0 Å². The van der Waals surface area contributed by atoms with Crippen LogP contribution in [-0.4, -0.2) is 24.5 Å². The van der Waals surface area contributed by atoms with Gasteiger partial charge in [0.25, 0.3) is 5.91 Å². The first-order chi connectivity index (χ1) is 11.5. The number of nitrogens with one attached hydrogen (secondary N) is 1. The number of carbonyl (C=O) groups is 2. The molecule has 1 amide bonds.